The highest BCUT2D eigenvalue weighted by atomic mass is 28.3. The number of hydrogen-bond donors (Lipinski definition) is 0. The predicted molar refractivity (Wildman–Crippen MR) is 68.7 cm³/mol. The van der Waals surface area contributed by atoms with Crippen LogP contribution >= 0.6 is 0 Å². The highest BCUT2D eigenvalue weighted by Gasteiger charge is 2.33. The van der Waals surface area contributed by atoms with Crippen LogP contribution in [0.2, 0.25) is 19.6 Å². The molecule has 0 aliphatic heterocycles. The smallest absolute Gasteiger partial charge is 0.304 e. The van der Waals surface area contributed by atoms with E-state index in [9.17, 15) is 4.79 Å². The maximum Gasteiger partial charge on any atom is 0.304 e. The maximum atomic E-state index is 11.2. The van der Waals surface area contributed by atoms with Crippen molar-refractivity contribution in [1.82, 2.24) is 0 Å². The molecule has 0 N–H and O–H groups in total. The zero-order valence-corrected chi connectivity index (χ0v) is 11.9. The van der Waals surface area contributed by atoms with Crippen LogP contribution in [0, 0.1) is 11.5 Å². The summed E-state index contributed by atoms with van der Waals surface area (Å²) in [6, 6.07) is 0. The summed E-state index contributed by atoms with van der Waals surface area (Å²) < 4.78 is 5.48. The Labute approximate surface area is 99.8 Å². The van der Waals surface area contributed by atoms with E-state index >= 15 is 0 Å². The van der Waals surface area contributed by atoms with E-state index in [2.05, 4.69) is 31.1 Å². The molecule has 0 spiro atoms. The Bertz CT molecular complexity index is 311. The molecule has 2 nitrogen and oxygen atoms in total. The number of carbonyl (C=O) groups excluding carboxylic acids is 1. The van der Waals surface area contributed by atoms with Crippen LogP contribution in [0.15, 0.2) is 0 Å². The molecule has 0 aromatic carbocycles. The second-order valence-electron chi connectivity index (χ2n) is 5.65. The average molecular weight is 238 g/mol. The number of carbonyl (C=O) groups is 1. The molecule has 0 saturated heterocycles. The molecule has 0 heterocycles. The summed E-state index contributed by atoms with van der Waals surface area (Å²) in [6.07, 6.45) is 5.28. The molecule has 90 valence electrons. The van der Waals surface area contributed by atoms with E-state index in [1.807, 2.05) is 0 Å². The summed E-state index contributed by atoms with van der Waals surface area (Å²) in [4.78, 5) is 11.2. The first-order valence-corrected chi connectivity index (χ1v) is 9.57. The van der Waals surface area contributed by atoms with Crippen molar-refractivity contribution < 1.29 is 9.53 Å². The Hall–Kier alpha value is -0.753. The molecule has 1 saturated carbocycles. The van der Waals surface area contributed by atoms with Gasteiger partial charge in [-0.15, -0.1) is 5.54 Å². The van der Waals surface area contributed by atoms with Crippen LogP contribution in [0.25, 0.3) is 0 Å². The molecule has 0 atom stereocenters. The minimum Gasteiger partial charge on any atom is -0.446 e. The number of hydrogen-bond acceptors (Lipinski definition) is 2. The zero-order valence-electron chi connectivity index (χ0n) is 10.9. The van der Waals surface area contributed by atoms with Crippen molar-refractivity contribution in [3.63, 3.8) is 0 Å². The van der Waals surface area contributed by atoms with Crippen LogP contribution in [0.3, 0.4) is 0 Å². The monoisotopic (exact) mass is 238 g/mol. The quantitative estimate of drug-likeness (QED) is 0.398. The Morgan fingerprint density at radius 1 is 1.19 bits per heavy atom. The first-order chi connectivity index (χ1) is 7.33. The van der Waals surface area contributed by atoms with E-state index in [1.165, 1.54) is 13.3 Å². The summed E-state index contributed by atoms with van der Waals surface area (Å²) in [5, 5.41) is 0. The fourth-order valence-corrected chi connectivity index (χ4v) is 2.55. The second kappa shape index (κ2) is 5.05. The highest BCUT2D eigenvalue weighted by Crippen LogP contribution is 2.31. The molecule has 0 aromatic rings. The van der Waals surface area contributed by atoms with Crippen molar-refractivity contribution in [2.24, 2.45) is 0 Å². The summed E-state index contributed by atoms with van der Waals surface area (Å²) in [5.74, 6) is 3.07. The molecule has 3 heteroatoms. The maximum absolute atomic E-state index is 11.2. The molecule has 0 bridgehead atoms. The number of ether oxygens (including phenoxy) is 1. The third-order valence-electron chi connectivity index (χ3n) is 2.67. The van der Waals surface area contributed by atoms with Gasteiger partial charge in [0.2, 0.25) is 0 Å². The van der Waals surface area contributed by atoms with Crippen LogP contribution in [-0.2, 0) is 9.53 Å². The Balaban J connectivity index is 2.84. The summed E-state index contributed by atoms with van der Waals surface area (Å²) in [5.41, 5.74) is 2.88. The van der Waals surface area contributed by atoms with Gasteiger partial charge in [-0.25, -0.2) is 0 Å². The van der Waals surface area contributed by atoms with Gasteiger partial charge in [-0.2, -0.15) is 0 Å². The minimum absolute atomic E-state index is 0.202. The van der Waals surface area contributed by atoms with Gasteiger partial charge in [-0.05, 0) is 25.7 Å². The fraction of sp³-hybridized carbons (Fsp3) is 0.769. The van der Waals surface area contributed by atoms with Crippen LogP contribution in [0.5, 0.6) is 0 Å². The first kappa shape index (κ1) is 13.3. The van der Waals surface area contributed by atoms with Gasteiger partial charge < -0.3 is 4.74 Å². The average Bonchev–Trinajstić information content (AvgIpc) is 2.14. The summed E-state index contributed by atoms with van der Waals surface area (Å²) >= 11 is 0. The highest BCUT2D eigenvalue weighted by molar-refractivity contribution is 6.83. The molecule has 1 rings (SSSR count). The normalized spacial score (nSPS) is 19.5. The van der Waals surface area contributed by atoms with Gasteiger partial charge in [0.25, 0.3) is 0 Å². The van der Waals surface area contributed by atoms with Gasteiger partial charge in [0, 0.05) is 6.92 Å². The lowest BCUT2D eigenvalue weighted by molar-refractivity contribution is -0.153. The topological polar surface area (TPSA) is 26.3 Å². The lowest BCUT2D eigenvalue weighted by atomic mass is 9.85. The molecule has 0 amide bonds. The van der Waals surface area contributed by atoms with E-state index in [1.54, 1.807) is 0 Å². The first-order valence-electron chi connectivity index (χ1n) is 6.07. The second-order valence-corrected chi connectivity index (χ2v) is 10.4. The zero-order chi connectivity index (χ0) is 12.2. The molecule has 0 unspecified atom stereocenters. The van der Waals surface area contributed by atoms with E-state index in [0.717, 1.165) is 25.7 Å². The van der Waals surface area contributed by atoms with Crippen molar-refractivity contribution >= 4 is 14.0 Å². The molecular formula is C13H22O2Si. The van der Waals surface area contributed by atoms with Gasteiger partial charge in [-0.3, -0.25) is 4.79 Å². The Morgan fingerprint density at radius 3 is 2.19 bits per heavy atom. The van der Waals surface area contributed by atoms with Gasteiger partial charge >= 0.3 is 5.97 Å². The van der Waals surface area contributed by atoms with Crippen LogP contribution in [0.4, 0.5) is 0 Å². The van der Waals surface area contributed by atoms with Crippen molar-refractivity contribution in [3.05, 3.63) is 0 Å². The van der Waals surface area contributed by atoms with Crippen molar-refractivity contribution in [2.45, 2.75) is 64.3 Å². The molecule has 1 fully saturated rings. The van der Waals surface area contributed by atoms with E-state index in [4.69, 9.17) is 4.74 Å². The molecular weight excluding hydrogens is 216 g/mol. The predicted octanol–water partition coefficient (Wildman–Crippen LogP) is 3.13. The van der Waals surface area contributed by atoms with Crippen molar-refractivity contribution in [2.75, 3.05) is 0 Å². The standard InChI is InChI=1S/C13H22O2Si/c1-12(14)15-13(8-6-5-7-9-13)10-11-16(2,3)4/h5-9H2,1-4H3. The fourth-order valence-electron chi connectivity index (χ4n) is 1.95. The molecule has 1 aliphatic carbocycles. The van der Waals surface area contributed by atoms with Crippen molar-refractivity contribution in [3.8, 4) is 11.5 Å². The number of esters is 1. The summed E-state index contributed by atoms with van der Waals surface area (Å²) in [6.45, 7) is 8.12. The third-order valence-corrected chi connectivity index (χ3v) is 3.54. The van der Waals surface area contributed by atoms with Crippen molar-refractivity contribution in [1.29, 1.82) is 0 Å². The molecule has 0 aromatic heterocycles. The van der Waals surface area contributed by atoms with Crippen LogP contribution in [0.1, 0.15) is 39.0 Å². The van der Waals surface area contributed by atoms with E-state index in [0.29, 0.717) is 0 Å². The van der Waals surface area contributed by atoms with Gasteiger partial charge in [0.15, 0.2) is 5.60 Å². The molecule has 16 heavy (non-hydrogen) atoms. The Kier molecular flexibility index (Phi) is 4.20. The molecule has 1 aliphatic rings. The SMILES string of the molecule is CC(=O)OC1(C#C[Si](C)(C)C)CCCCC1. The van der Waals surface area contributed by atoms with Crippen LogP contribution < -0.4 is 0 Å². The van der Waals surface area contributed by atoms with Gasteiger partial charge in [0.05, 0.1) is 0 Å². The molecule has 0 radical (unpaired) electrons. The minimum atomic E-state index is -1.39. The van der Waals surface area contributed by atoms with Gasteiger partial charge in [0.1, 0.15) is 8.07 Å². The van der Waals surface area contributed by atoms with Gasteiger partial charge in [-0.1, -0.05) is 32.0 Å². The Morgan fingerprint density at radius 2 is 1.75 bits per heavy atom. The number of rotatable bonds is 1. The third kappa shape index (κ3) is 4.40. The van der Waals surface area contributed by atoms with Crippen LogP contribution in [-0.4, -0.2) is 19.6 Å². The summed E-state index contributed by atoms with van der Waals surface area (Å²) in [7, 11) is -1.39. The lowest BCUT2D eigenvalue weighted by Gasteiger charge is -2.32. The van der Waals surface area contributed by atoms with E-state index in [-0.39, 0.29) is 5.97 Å². The largest absolute Gasteiger partial charge is 0.446 e. The van der Waals surface area contributed by atoms with E-state index < -0.39 is 13.7 Å². The lowest BCUT2D eigenvalue weighted by Crippen LogP contribution is -2.36.